The molecule has 0 bridgehead atoms. The fourth-order valence-electron chi connectivity index (χ4n) is 3.69. The molecule has 1 aliphatic heterocycles. The zero-order valence-corrected chi connectivity index (χ0v) is 18.4. The van der Waals surface area contributed by atoms with Gasteiger partial charge in [-0.15, -0.1) is 0 Å². The van der Waals surface area contributed by atoms with Gasteiger partial charge in [0.05, 0.1) is 6.20 Å². The van der Waals surface area contributed by atoms with E-state index in [1.54, 1.807) is 6.20 Å². The van der Waals surface area contributed by atoms with Gasteiger partial charge in [-0.25, -0.2) is 4.98 Å². The van der Waals surface area contributed by atoms with E-state index in [2.05, 4.69) is 45.3 Å². The zero-order chi connectivity index (χ0) is 21.6. The van der Waals surface area contributed by atoms with E-state index in [9.17, 15) is 4.79 Å². The first-order valence-corrected chi connectivity index (χ1v) is 10.9. The van der Waals surface area contributed by atoms with Crippen molar-refractivity contribution in [3.8, 4) is 11.3 Å². The Bertz CT molecular complexity index is 1010. The predicted octanol–water partition coefficient (Wildman–Crippen LogP) is 4.00. The first kappa shape index (κ1) is 21.4. The number of likely N-dealkylation sites (N-methyl/N-ethyl adjacent to an activating group) is 1. The minimum absolute atomic E-state index is 0.0144. The van der Waals surface area contributed by atoms with Crippen LogP contribution in [-0.4, -0.2) is 49.0 Å². The Morgan fingerprint density at radius 3 is 2.61 bits per heavy atom. The number of hydrogen-bond acceptors (Lipinski definition) is 5. The molecular weight excluding hydrogens is 412 g/mol. The highest BCUT2D eigenvalue weighted by Gasteiger charge is 2.17. The molecule has 1 fully saturated rings. The van der Waals surface area contributed by atoms with Crippen LogP contribution in [0, 0.1) is 0 Å². The highest BCUT2D eigenvalue weighted by Crippen LogP contribution is 2.23. The summed E-state index contributed by atoms with van der Waals surface area (Å²) in [6.45, 7) is 4.62. The molecular formula is C24H27ClN4O2. The Kier molecular flexibility index (Phi) is 6.89. The lowest BCUT2D eigenvalue weighted by Crippen LogP contribution is -2.45. The molecule has 4 rings (SSSR count). The van der Waals surface area contributed by atoms with Gasteiger partial charge in [-0.2, -0.15) is 0 Å². The van der Waals surface area contributed by atoms with Gasteiger partial charge in [0.15, 0.2) is 11.7 Å². The molecule has 2 aromatic carbocycles. The molecule has 3 aromatic rings. The van der Waals surface area contributed by atoms with Crippen LogP contribution >= 0.6 is 11.6 Å². The normalized spacial score (nSPS) is 14.6. The molecule has 0 saturated carbocycles. The van der Waals surface area contributed by atoms with E-state index in [0.717, 1.165) is 37.3 Å². The Hall–Kier alpha value is -2.83. The predicted molar refractivity (Wildman–Crippen MR) is 123 cm³/mol. The second-order valence-corrected chi connectivity index (χ2v) is 8.26. The smallest absolute Gasteiger partial charge is 0.220 e. The molecule has 162 valence electrons. The second kappa shape index (κ2) is 9.98. The molecule has 31 heavy (non-hydrogen) atoms. The number of carbonyl (C=O) groups is 1. The topological polar surface area (TPSA) is 61.6 Å². The average Bonchev–Trinajstić information content (AvgIpc) is 3.27. The van der Waals surface area contributed by atoms with E-state index in [0.29, 0.717) is 36.1 Å². The zero-order valence-electron chi connectivity index (χ0n) is 17.7. The van der Waals surface area contributed by atoms with Crippen LogP contribution in [0.15, 0.2) is 59.1 Å². The van der Waals surface area contributed by atoms with Crippen LogP contribution in [0.1, 0.15) is 17.9 Å². The minimum atomic E-state index is -0.0144. The number of nitrogens with one attached hydrogen (secondary N) is 1. The Morgan fingerprint density at radius 2 is 1.84 bits per heavy atom. The monoisotopic (exact) mass is 438 g/mol. The molecule has 1 aromatic heterocycles. The van der Waals surface area contributed by atoms with Gasteiger partial charge in [0.25, 0.3) is 0 Å². The second-order valence-electron chi connectivity index (χ2n) is 7.82. The van der Waals surface area contributed by atoms with Crippen LogP contribution in [0.5, 0.6) is 0 Å². The lowest BCUT2D eigenvalue weighted by molar-refractivity contribution is -0.121. The maximum Gasteiger partial charge on any atom is 0.220 e. The summed E-state index contributed by atoms with van der Waals surface area (Å²) in [6.07, 6.45) is 2.47. The van der Waals surface area contributed by atoms with E-state index >= 15 is 0 Å². The largest absolute Gasteiger partial charge is 0.441 e. The van der Waals surface area contributed by atoms with Crippen LogP contribution in [0.25, 0.3) is 11.3 Å². The third kappa shape index (κ3) is 5.66. The molecule has 0 spiro atoms. The number of aromatic nitrogens is 1. The summed E-state index contributed by atoms with van der Waals surface area (Å²) in [5.41, 5.74) is 3.26. The summed E-state index contributed by atoms with van der Waals surface area (Å²) in [7, 11) is 2.15. The summed E-state index contributed by atoms with van der Waals surface area (Å²) < 4.78 is 5.79. The molecule has 1 amide bonds. The number of hydrogen-bond donors (Lipinski definition) is 1. The van der Waals surface area contributed by atoms with Crippen molar-refractivity contribution < 1.29 is 9.21 Å². The van der Waals surface area contributed by atoms with Crippen LogP contribution in [0.3, 0.4) is 0 Å². The van der Waals surface area contributed by atoms with Crippen LogP contribution in [0.2, 0.25) is 5.02 Å². The molecule has 2 heterocycles. The van der Waals surface area contributed by atoms with E-state index in [4.69, 9.17) is 16.0 Å². The molecule has 0 unspecified atom stereocenters. The number of aryl methyl sites for hydroxylation is 1. The number of oxazole rings is 1. The van der Waals surface area contributed by atoms with Gasteiger partial charge < -0.3 is 19.5 Å². The number of amides is 1. The van der Waals surface area contributed by atoms with Gasteiger partial charge >= 0.3 is 0 Å². The molecule has 0 atom stereocenters. The van der Waals surface area contributed by atoms with Crippen molar-refractivity contribution in [2.45, 2.75) is 19.4 Å². The minimum Gasteiger partial charge on any atom is -0.441 e. The van der Waals surface area contributed by atoms with Gasteiger partial charge in [0.2, 0.25) is 5.91 Å². The van der Waals surface area contributed by atoms with Gasteiger partial charge in [0, 0.05) is 61.8 Å². The average molecular weight is 439 g/mol. The van der Waals surface area contributed by atoms with Gasteiger partial charge in [-0.3, -0.25) is 4.79 Å². The maximum absolute atomic E-state index is 12.4. The molecule has 1 aliphatic rings. The fraction of sp³-hybridized carbons (Fsp3) is 0.333. The SMILES string of the molecule is CN1CCN(c2ccccc2CNC(=O)CCc2ncc(-c3ccc(Cl)cc3)o2)CC1. The summed E-state index contributed by atoms with van der Waals surface area (Å²) in [4.78, 5) is 21.4. The van der Waals surface area contributed by atoms with Gasteiger partial charge in [-0.05, 0) is 42.9 Å². The lowest BCUT2D eigenvalue weighted by atomic mass is 10.1. The first-order valence-electron chi connectivity index (χ1n) is 10.6. The number of carbonyl (C=O) groups excluding carboxylic acids is 1. The summed E-state index contributed by atoms with van der Waals surface area (Å²) in [5.74, 6) is 1.21. The van der Waals surface area contributed by atoms with E-state index in [1.165, 1.54) is 5.69 Å². The van der Waals surface area contributed by atoms with Crippen LogP contribution in [0.4, 0.5) is 5.69 Å². The third-order valence-electron chi connectivity index (χ3n) is 5.56. The fourth-order valence-corrected chi connectivity index (χ4v) is 3.82. The number of piperazine rings is 1. The quantitative estimate of drug-likeness (QED) is 0.604. The summed E-state index contributed by atoms with van der Waals surface area (Å²) >= 11 is 5.93. The number of halogens is 1. The molecule has 1 saturated heterocycles. The van der Waals surface area contributed by atoms with Crippen molar-refractivity contribution in [2.75, 3.05) is 38.1 Å². The van der Waals surface area contributed by atoms with Crippen molar-refractivity contribution in [1.29, 1.82) is 0 Å². The molecule has 0 radical (unpaired) electrons. The van der Waals surface area contributed by atoms with Crippen LogP contribution in [-0.2, 0) is 17.8 Å². The highest BCUT2D eigenvalue weighted by molar-refractivity contribution is 6.30. The van der Waals surface area contributed by atoms with Crippen LogP contribution < -0.4 is 10.2 Å². The standard InChI is InChI=1S/C24H27ClN4O2/c1-28-12-14-29(15-13-28)21-5-3-2-4-19(21)16-26-23(30)10-11-24-27-17-22(31-24)18-6-8-20(25)9-7-18/h2-9,17H,10-16H2,1H3,(H,26,30). The molecule has 0 aliphatic carbocycles. The van der Waals surface area contributed by atoms with E-state index in [-0.39, 0.29) is 5.91 Å². The first-order chi connectivity index (χ1) is 15.1. The van der Waals surface area contributed by atoms with Crippen molar-refractivity contribution in [1.82, 2.24) is 15.2 Å². The third-order valence-corrected chi connectivity index (χ3v) is 5.81. The molecule has 1 N–H and O–H groups in total. The number of para-hydroxylation sites is 1. The van der Waals surface area contributed by atoms with Crippen molar-refractivity contribution in [3.63, 3.8) is 0 Å². The lowest BCUT2D eigenvalue weighted by Gasteiger charge is -2.35. The van der Waals surface area contributed by atoms with Gasteiger partial charge in [-0.1, -0.05) is 29.8 Å². The Labute approximate surface area is 187 Å². The van der Waals surface area contributed by atoms with E-state index in [1.807, 2.05) is 30.3 Å². The number of nitrogens with zero attached hydrogens (tertiary/aromatic N) is 3. The van der Waals surface area contributed by atoms with Crippen molar-refractivity contribution in [2.24, 2.45) is 0 Å². The summed E-state index contributed by atoms with van der Waals surface area (Å²) in [5, 5.41) is 3.72. The number of anilines is 1. The Balaban J connectivity index is 1.29. The molecule has 7 heteroatoms. The van der Waals surface area contributed by atoms with Gasteiger partial charge in [0.1, 0.15) is 0 Å². The molecule has 6 nitrogen and oxygen atoms in total. The number of rotatable bonds is 7. The maximum atomic E-state index is 12.4. The highest BCUT2D eigenvalue weighted by atomic mass is 35.5. The summed E-state index contributed by atoms with van der Waals surface area (Å²) in [6, 6.07) is 15.7. The van der Waals surface area contributed by atoms with E-state index < -0.39 is 0 Å². The van der Waals surface area contributed by atoms with Crippen molar-refractivity contribution >= 4 is 23.2 Å². The Morgan fingerprint density at radius 1 is 1.10 bits per heavy atom. The van der Waals surface area contributed by atoms with Crippen molar-refractivity contribution in [3.05, 3.63) is 71.2 Å². The number of benzene rings is 2.